The van der Waals surface area contributed by atoms with E-state index in [1.54, 1.807) is 0 Å². The third-order valence-corrected chi connectivity index (χ3v) is 7.82. The van der Waals surface area contributed by atoms with Gasteiger partial charge in [0.05, 0.1) is 38.4 Å². The molecule has 0 amide bonds. The van der Waals surface area contributed by atoms with E-state index < -0.39 is 268 Å². The second kappa shape index (κ2) is 10.2. The molecule has 0 radical (unpaired) electrons. The lowest BCUT2D eigenvalue weighted by Gasteiger charge is -2.19. The lowest BCUT2D eigenvalue weighted by atomic mass is 9.83. The molecule has 10 aromatic rings. The smallest absolute Gasteiger partial charge is 0.136 e. The van der Waals surface area contributed by atoms with E-state index >= 15 is 0 Å². The van der Waals surface area contributed by atoms with Gasteiger partial charge in [-0.15, -0.1) is 0 Å². The number of hydrogen-bond acceptors (Lipinski definition) is 1. The summed E-state index contributed by atoms with van der Waals surface area (Å²) in [5.41, 5.74) is -5.83. The molecule has 0 aliphatic carbocycles. The predicted octanol–water partition coefficient (Wildman–Crippen LogP) is 13.2. The van der Waals surface area contributed by atoms with Crippen molar-refractivity contribution in [2.24, 2.45) is 0 Å². The molecule has 1 heteroatoms. The highest BCUT2D eigenvalue weighted by Crippen LogP contribution is 2.47. The fourth-order valence-corrected chi connectivity index (χ4v) is 5.89. The van der Waals surface area contributed by atoms with Crippen molar-refractivity contribution in [3.05, 3.63) is 169 Å². The first-order valence-electron chi connectivity index (χ1n) is 27.9. The highest BCUT2D eigenvalue weighted by Gasteiger charge is 2.20. The molecule has 0 saturated heterocycles. The zero-order valence-corrected chi connectivity index (χ0v) is 23.4. The number of rotatable bonds is 3. The number of fused-ring (bicyclic) bond motifs is 8. The molecule has 0 N–H and O–H groups in total. The topological polar surface area (TPSA) is 13.1 Å². The summed E-state index contributed by atoms with van der Waals surface area (Å²) in [6, 6.07) is -26.3. The van der Waals surface area contributed by atoms with Gasteiger partial charge in [-0.05, 0) is 94.6 Å². The molecule has 0 aliphatic heterocycles. The van der Waals surface area contributed by atoms with Crippen molar-refractivity contribution in [1.29, 1.82) is 0 Å². The van der Waals surface area contributed by atoms with Gasteiger partial charge in [0.15, 0.2) is 0 Å². The molecule has 0 aliphatic rings. The average molecular weight is 625 g/mol. The van der Waals surface area contributed by atoms with Gasteiger partial charge in [0.1, 0.15) is 11.2 Å². The minimum atomic E-state index is -1.09. The van der Waals surface area contributed by atoms with Crippen LogP contribution >= 0.6 is 0 Å². The SMILES string of the molecule is [2H]c1c([2H])c([2H])c(-c2c([2H])c([2H])c(-c3c4c([2H])c([2H])c([2H])c([2H])c4c(-c4c([2H])c([2H])c5oc6c([2H])c([2H])c7c([2H])c([2H])c([2H])c([2H])c7c6c5c4[2H])c4c([2H])c([2H])c([2H])c([2H])c34)c3c([2H])c([2H])c([2H])c([2H])c23)c([2H])c1[2H]. The van der Waals surface area contributed by atoms with E-state index in [0.717, 1.165) is 0 Å². The summed E-state index contributed by atoms with van der Waals surface area (Å²) in [5, 5.41) is -6.46. The first-order chi connectivity index (χ1) is 35.0. The minimum Gasteiger partial charge on any atom is -0.456 e. The maximum Gasteiger partial charge on any atom is 0.136 e. The van der Waals surface area contributed by atoms with Crippen LogP contribution in [0.3, 0.4) is 0 Å². The van der Waals surface area contributed by atoms with E-state index in [-0.39, 0.29) is 0 Å². The molecule has 0 spiro atoms. The Labute approximate surface area is 311 Å². The quantitative estimate of drug-likeness (QED) is 0.178. The molecule has 9 aromatic carbocycles. The van der Waals surface area contributed by atoms with Gasteiger partial charge < -0.3 is 4.42 Å². The van der Waals surface area contributed by atoms with Crippen LogP contribution in [0.25, 0.3) is 98.4 Å². The van der Waals surface area contributed by atoms with Crippen LogP contribution in [0.1, 0.15) is 38.4 Å². The zero-order valence-electron chi connectivity index (χ0n) is 51.4. The highest BCUT2D eigenvalue weighted by molar-refractivity contribution is 6.25. The number of hydrogen-bond donors (Lipinski definition) is 0. The van der Waals surface area contributed by atoms with Gasteiger partial charge in [-0.2, -0.15) is 0 Å². The van der Waals surface area contributed by atoms with Crippen LogP contribution in [0.2, 0.25) is 0 Å². The molecule has 0 bridgehead atoms. The van der Waals surface area contributed by atoms with Crippen LogP contribution in [-0.4, -0.2) is 0 Å². The van der Waals surface area contributed by atoms with Crippen LogP contribution < -0.4 is 0 Å². The van der Waals surface area contributed by atoms with Crippen LogP contribution in [0.4, 0.5) is 0 Å². The molecule has 0 unspecified atom stereocenters. The van der Waals surface area contributed by atoms with E-state index in [1.165, 1.54) is 0 Å². The first-order valence-corrected chi connectivity index (χ1v) is 13.9. The summed E-state index contributed by atoms with van der Waals surface area (Å²) in [6.45, 7) is 0. The lowest BCUT2D eigenvalue weighted by Crippen LogP contribution is -1.92. The van der Waals surface area contributed by atoms with Crippen molar-refractivity contribution < 1.29 is 42.8 Å². The van der Waals surface area contributed by atoms with Crippen LogP contribution in [0.5, 0.6) is 0 Å². The molecule has 0 fully saturated rings. The second-order valence-corrected chi connectivity index (χ2v) is 10.3. The van der Waals surface area contributed by atoms with Gasteiger partial charge in [-0.1, -0.05) is 151 Å². The van der Waals surface area contributed by atoms with Crippen molar-refractivity contribution in [3.63, 3.8) is 0 Å². The second-order valence-electron chi connectivity index (χ2n) is 10.3. The lowest BCUT2D eigenvalue weighted by molar-refractivity contribution is 0.669. The first kappa shape index (κ1) is 10.7. The molecule has 1 heterocycles. The summed E-state index contributed by atoms with van der Waals surface area (Å²) < 4.78 is 259. The molecule has 47 heavy (non-hydrogen) atoms. The van der Waals surface area contributed by atoms with Gasteiger partial charge >= 0.3 is 0 Å². The van der Waals surface area contributed by atoms with Crippen LogP contribution in [0, 0.1) is 0 Å². The predicted molar refractivity (Wildman–Crippen MR) is 200 cm³/mol. The van der Waals surface area contributed by atoms with E-state index in [2.05, 4.69) is 0 Å². The standard InChI is InChI=1S/C46H28O/c1-2-12-29(13-3-1)32-24-25-40(35-17-7-6-16-34(32)35)45-38-20-10-8-18-36(38)44(37-19-9-11-21-39(37)45)31-23-26-42-41(28-31)46-33-15-5-4-14-30(33)22-27-43(46)47-42/h1-28H/i1D,2D,3D,4D,5D,6D,7D,8D,9D,10D,11D,12D,13D,14D,15D,16D,17D,18D,19D,20D,21D,22D,23D,24D,25D,26D,27D,28D. The average Bonchev–Trinajstić information content (AvgIpc) is 3.79. The molecule has 10 rings (SSSR count). The summed E-state index contributed by atoms with van der Waals surface area (Å²) >= 11 is 0. The third kappa shape index (κ3) is 3.90. The van der Waals surface area contributed by atoms with Crippen molar-refractivity contribution >= 4 is 65.0 Å². The van der Waals surface area contributed by atoms with Gasteiger partial charge in [-0.3, -0.25) is 0 Å². The Balaban J connectivity index is 1.55. The molecule has 1 aromatic heterocycles. The maximum atomic E-state index is 9.93. The van der Waals surface area contributed by atoms with E-state index in [4.69, 9.17) is 27.7 Å². The summed E-state index contributed by atoms with van der Waals surface area (Å²) in [7, 11) is 0. The summed E-state index contributed by atoms with van der Waals surface area (Å²) in [4.78, 5) is 0. The largest absolute Gasteiger partial charge is 0.456 e. The Morgan fingerprint density at radius 1 is 0.340 bits per heavy atom. The third-order valence-electron chi connectivity index (χ3n) is 7.82. The van der Waals surface area contributed by atoms with Gasteiger partial charge in [0.25, 0.3) is 0 Å². The van der Waals surface area contributed by atoms with Crippen molar-refractivity contribution in [2.45, 2.75) is 0 Å². The van der Waals surface area contributed by atoms with Gasteiger partial charge in [0.2, 0.25) is 0 Å². The fraction of sp³-hybridized carbons (Fsp3) is 0. The fourth-order valence-electron chi connectivity index (χ4n) is 5.89. The Morgan fingerprint density at radius 2 is 0.872 bits per heavy atom. The Kier molecular flexibility index (Phi) is 2.31. The number of furan rings is 1. The van der Waals surface area contributed by atoms with E-state index in [1.807, 2.05) is 0 Å². The van der Waals surface area contributed by atoms with Crippen molar-refractivity contribution in [1.82, 2.24) is 0 Å². The molecule has 0 atom stereocenters. The minimum absolute atomic E-state index is 0.414. The molecule has 0 saturated carbocycles. The van der Waals surface area contributed by atoms with Crippen molar-refractivity contribution in [2.75, 3.05) is 0 Å². The summed E-state index contributed by atoms with van der Waals surface area (Å²) in [5.74, 6) is 0. The normalized spacial score (nSPS) is 20.2. The molecule has 1 nitrogen and oxygen atoms in total. The van der Waals surface area contributed by atoms with Crippen LogP contribution in [-0.2, 0) is 0 Å². The van der Waals surface area contributed by atoms with Gasteiger partial charge in [0, 0.05) is 10.8 Å². The Bertz CT molecular complexity index is 4330. The number of benzene rings is 9. The van der Waals surface area contributed by atoms with Gasteiger partial charge in [-0.25, -0.2) is 0 Å². The highest BCUT2D eigenvalue weighted by atomic mass is 16.3. The van der Waals surface area contributed by atoms with Crippen LogP contribution in [0.15, 0.2) is 174 Å². The Hall–Kier alpha value is -6.18. The maximum absolute atomic E-state index is 9.93. The monoisotopic (exact) mass is 624 g/mol. The van der Waals surface area contributed by atoms with E-state index in [9.17, 15) is 15.1 Å². The zero-order chi connectivity index (χ0) is 55.3. The van der Waals surface area contributed by atoms with Crippen molar-refractivity contribution in [3.8, 4) is 33.4 Å². The van der Waals surface area contributed by atoms with E-state index in [0.29, 0.717) is 0 Å². The summed E-state index contributed by atoms with van der Waals surface area (Å²) in [6.07, 6.45) is 0. The molecular weight excluding hydrogens is 569 g/mol. The molecular formula is C46H28O. The molecule has 218 valence electrons. The Morgan fingerprint density at radius 3 is 1.57 bits per heavy atom.